The van der Waals surface area contributed by atoms with Crippen molar-refractivity contribution < 1.29 is 0 Å². The first kappa shape index (κ1) is 40.9. The summed E-state index contributed by atoms with van der Waals surface area (Å²) in [7, 11) is 0. The van der Waals surface area contributed by atoms with Crippen LogP contribution >= 0.6 is 0 Å². The van der Waals surface area contributed by atoms with Crippen molar-refractivity contribution in [1.29, 1.82) is 0 Å². The first-order valence-electron chi connectivity index (χ1n) is 23.8. The van der Waals surface area contributed by atoms with Gasteiger partial charge in [0, 0.05) is 52.2 Å². The summed E-state index contributed by atoms with van der Waals surface area (Å²) in [6.07, 6.45) is 3.80. The van der Waals surface area contributed by atoms with E-state index < -0.39 is 5.41 Å². The third kappa shape index (κ3) is 6.70. The van der Waals surface area contributed by atoms with Crippen molar-refractivity contribution >= 4 is 51.2 Å². The second-order valence-corrected chi connectivity index (χ2v) is 17.8. The van der Waals surface area contributed by atoms with E-state index in [2.05, 4.69) is 276 Å². The molecule has 330 valence electrons. The first-order chi connectivity index (χ1) is 34.7. The monoisotopic (exact) mass is 895 g/mol. The van der Waals surface area contributed by atoms with E-state index in [0.717, 1.165) is 96.0 Å². The zero-order valence-electron chi connectivity index (χ0n) is 38.2. The molecule has 2 aliphatic rings. The molecule has 3 heterocycles. The summed E-state index contributed by atoms with van der Waals surface area (Å²) in [5.74, 6) is 0. The predicted molar refractivity (Wildman–Crippen MR) is 288 cm³/mol. The van der Waals surface area contributed by atoms with Crippen LogP contribution in [0.3, 0.4) is 0 Å². The fourth-order valence-electron chi connectivity index (χ4n) is 10.9. The number of hydrogen-bond acceptors (Lipinski definition) is 5. The predicted octanol–water partition coefficient (Wildman–Crippen LogP) is 16.9. The highest BCUT2D eigenvalue weighted by atomic mass is 15.2. The summed E-state index contributed by atoms with van der Waals surface area (Å²) in [5, 5.41) is 0. The largest absolute Gasteiger partial charge is 0.310 e. The Kier molecular flexibility index (Phi) is 9.98. The van der Waals surface area contributed by atoms with E-state index in [9.17, 15) is 0 Å². The van der Waals surface area contributed by atoms with Crippen LogP contribution in [0.25, 0.3) is 33.6 Å². The summed E-state index contributed by atoms with van der Waals surface area (Å²) < 4.78 is 0. The van der Waals surface area contributed by atoms with Gasteiger partial charge in [-0.3, -0.25) is 9.97 Å². The second-order valence-electron chi connectivity index (χ2n) is 17.8. The average molecular weight is 896 g/mol. The summed E-state index contributed by atoms with van der Waals surface area (Å²) >= 11 is 0. The lowest BCUT2D eigenvalue weighted by Gasteiger charge is -2.45. The number of anilines is 9. The van der Waals surface area contributed by atoms with Crippen LogP contribution in [0.2, 0.25) is 0 Å². The van der Waals surface area contributed by atoms with Crippen LogP contribution in [-0.4, -0.2) is 9.97 Å². The fourth-order valence-corrected chi connectivity index (χ4v) is 10.9. The lowest BCUT2D eigenvalue weighted by atomic mass is 9.64. The molecule has 0 unspecified atom stereocenters. The van der Waals surface area contributed by atoms with E-state index in [0.29, 0.717) is 0 Å². The van der Waals surface area contributed by atoms with Crippen molar-refractivity contribution in [3.63, 3.8) is 0 Å². The number of aromatic nitrogens is 2. The maximum Gasteiger partial charge on any atom is 0.0937 e. The molecule has 0 N–H and O–H groups in total. The molecule has 0 atom stereocenters. The van der Waals surface area contributed by atoms with E-state index in [1.165, 1.54) is 11.1 Å². The number of rotatable bonds is 9. The number of hydrogen-bond donors (Lipinski definition) is 0. The molecule has 0 fully saturated rings. The van der Waals surface area contributed by atoms with Gasteiger partial charge in [0.25, 0.3) is 0 Å². The number of fused-ring (bicyclic) bond motifs is 9. The molecule has 13 rings (SSSR count). The van der Waals surface area contributed by atoms with Crippen LogP contribution in [0.4, 0.5) is 51.2 Å². The van der Waals surface area contributed by atoms with Gasteiger partial charge >= 0.3 is 0 Å². The van der Waals surface area contributed by atoms with Gasteiger partial charge in [0.15, 0.2) is 0 Å². The summed E-state index contributed by atoms with van der Waals surface area (Å²) in [5.41, 5.74) is 19.6. The number of benzene rings is 9. The van der Waals surface area contributed by atoms with Crippen LogP contribution in [0.5, 0.6) is 0 Å². The third-order valence-electron chi connectivity index (χ3n) is 13.9. The minimum atomic E-state index is -0.836. The first-order valence-corrected chi connectivity index (χ1v) is 23.8. The lowest BCUT2D eigenvalue weighted by molar-refractivity contribution is 0.749. The molecule has 9 aromatic carbocycles. The van der Waals surface area contributed by atoms with Gasteiger partial charge in [-0.05, 0) is 154 Å². The maximum atomic E-state index is 5.16. The van der Waals surface area contributed by atoms with Crippen molar-refractivity contribution in [2.24, 2.45) is 0 Å². The Labute approximate surface area is 408 Å². The van der Waals surface area contributed by atoms with Gasteiger partial charge in [0.2, 0.25) is 0 Å². The zero-order valence-corrected chi connectivity index (χ0v) is 38.2. The van der Waals surface area contributed by atoms with Gasteiger partial charge < -0.3 is 14.7 Å². The molecule has 0 saturated carbocycles. The lowest BCUT2D eigenvalue weighted by Crippen LogP contribution is -2.36. The molecule has 1 spiro atoms. The van der Waals surface area contributed by atoms with Crippen molar-refractivity contribution in [2.75, 3.05) is 14.7 Å². The second kappa shape index (κ2) is 17.1. The molecule has 5 nitrogen and oxygen atoms in total. The molecule has 70 heavy (non-hydrogen) atoms. The molecule has 0 bridgehead atoms. The Hall–Kier alpha value is -9.32. The Morgan fingerprint density at radius 2 is 0.657 bits per heavy atom. The normalized spacial score (nSPS) is 12.7. The van der Waals surface area contributed by atoms with Crippen LogP contribution in [0.1, 0.15) is 22.3 Å². The van der Waals surface area contributed by atoms with Crippen LogP contribution in [0, 0.1) is 0 Å². The van der Waals surface area contributed by atoms with Gasteiger partial charge in [0.05, 0.1) is 28.2 Å². The Morgan fingerprint density at radius 3 is 1.10 bits per heavy atom. The van der Waals surface area contributed by atoms with E-state index >= 15 is 0 Å². The minimum Gasteiger partial charge on any atom is -0.310 e. The van der Waals surface area contributed by atoms with Gasteiger partial charge in [-0.15, -0.1) is 0 Å². The third-order valence-corrected chi connectivity index (χ3v) is 13.9. The quantitative estimate of drug-likeness (QED) is 0.144. The minimum absolute atomic E-state index is 0.836. The fraction of sp³-hybridized carbons (Fsp3) is 0.0154. The van der Waals surface area contributed by atoms with Crippen molar-refractivity contribution in [2.45, 2.75) is 5.41 Å². The summed E-state index contributed by atoms with van der Waals surface area (Å²) in [6, 6.07) is 93.9. The topological polar surface area (TPSA) is 35.5 Å². The molecular weight excluding hydrogens is 851 g/mol. The highest BCUT2D eigenvalue weighted by molar-refractivity contribution is 5.97. The molecule has 1 aliphatic carbocycles. The molecule has 11 aromatic rings. The van der Waals surface area contributed by atoms with Crippen LogP contribution in [0.15, 0.2) is 273 Å². The van der Waals surface area contributed by atoms with E-state index in [-0.39, 0.29) is 0 Å². The maximum absolute atomic E-state index is 5.16. The Balaban J connectivity index is 1.10. The highest BCUT2D eigenvalue weighted by Gasteiger charge is 2.53. The molecule has 5 heteroatoms. The van der Waals surface area contributed by atoms with Gasteiger partial charge in [-0.1, -0.05) is 152 Å². The van der Waals surface area contributed by atoms with E-state index in [1.807, 2.05) is 12.4 Å². The Morgan fingerprint density at radius 1 is 0.286 bits per heavy atom. The van der Waals surface area contributed by atoms with Gasteiger partial charge in [0.1, 0.15) is 0 Å². The molecular formula is C65H45N5. The summed E-state index contributed by atoms with van der Waals surface area (Å²) in [6.45, 7) is 0. The van der Waals surface area contributed by atoms with E-state index in [1.54, 1.807) is 0 Å². The molecule has 1 aliphatic heterocycles. The highest BCUT2D eigenvalue weighted by Crippen LogP contribution is 2.64. The van der Waals surface area contributed by atoms with Gasteiger partial charge in [-0.25, -0.2) is 0 Å². The van der Waals surface area contributed by atoms with Crippen molar-refractivity contribution in [3.05, 3.63) is 296 Å². The SMILES string of the molecule is c1ccc(-c2cccc(N(c3ccccc3)c3ccc4c(c3)C3(c5cc(N(c6ccccc6)c6cccc(-c7ccccc7)c6)ccc5N4c4ccccc4)c4cccnc4-c4ncccc43)c2)cc1. The number of para-hydroxylation sites is 3. The molecule has 2 aromatic heterocycles. The molecule has 0 radical (unpaired) electrons. The average Bonchev–Trinajstić information content (AvgIpc) is 3.73. The van der Waals surface area contributed by atoms with E-state index in [4.69, 9.17) is 9.97 Å². The molecule has 0 saturated heterocycles. The van der Waals surface area contributed by atoms with Crippen molar-refractivity contribution in [3.8, 4) is 33.6 Å². The zero-order chi connectivity index (χ0) is 46.4. The molecule has 0 amide bonds. The van der Waals surface area contributed by atoms with Crippen molar-refractivity contribution in [1.82, 2.24) is 9.97 Å². The standard InChI is InChI=1S/C65H45N5/c1-6-20-46(21-7-1)48-24-16-32-53(42-48)68(50-26-10-3-11-27-50)55-36-38-61-59(44-55)65(57-34-18-40-66-63(57)64-58(65)35-19-41-67-64)60-45-56(37-39-62(60)70(61)52-30-14-5-15-31-52)69(51-28-12-4-13-29-51)54-33-17-25-49(43-54)47-22-8-2-9-23-47/h1-45H. The smallest absolute Gasteiger partial charge is 0.0937 e. The number of nitrogens with zero attached hydrogens (tertiary/aromatic N) is 5. The number of pyridine rings is 2. The van der Waals surface area contributed by atoms with Gasteiger partial charge in [-0.2, -0.15) is 0 Å². The Bertz CT molecular complexity index is 3450. The van der Waals surface area contributed by atoms with Crippen LogP contribution < -0.4 is 14.7 Å². The summed E-state index contributed by atoms with van der Waals surface area (Å²) in [4.78, 5) is 17.5. The van der Waals surface area contributed by atoms with Crippen LogP contribution in [-0.2, 0) is 5.41 Å².